The van der Waals surface area contributed by atoms with E-state index in [1.807, 2.05) is 36.4 Å². The standard InChI is InChI=1S/C20H21ClNO/c1-3-4-13-22(2)18-14-20(15-9-11-16(21)12-10-15)23-19-8-6-5-7-17(18)19/h5-12,14H,3-4,13H2,1-2H3/q+1. The summed E-state index contributed by atoms with van der Waals surface area (Å²) in [6.07, 6.45) is 2.36. The molecule has 0 unspecified atom stereocenters. The predicted molar refractivity (Wildman–Crippen MR) is 97.6 cm³/mol. The maximum Gasteiger partial charge on any atom is 0.214 e. The van der Waals surface area contributed by atoms with Gasteiger partial charge in [-0.15, -0.1) is 0 Å². The molecule has 1 aromatic heterocycles. The monoisotopic (exact) mass is 326 g/mol. The second-order valence-electron chi connectivity index (χ2n) is 5.77. The quantitative estimate of drug-likeness (QED) is 0.619. The van der Waals surface area contributed by atoms with Crippen molar-refractivity contribution in [3.63, 3.8) is 0 Å². The van der Waals surface area contributed by atoms with E-state index in [2.05, 4.69) is 36.7 Å². The van der Waals surface area contributed by atoms with Crippen LogP contribution in [0.2, 0.25) is 5.02 Å². The fourth-order valence-corrected chi connectivity index (χ4v) is 2.83. The summed E-state index contributed by atoms with van der Waals surface area (Å²) in [4.78, 5) is 0. The van der Waals surface area contributed by atoms with Crippen molar-refractivity contribution in [2.75, 3.05) is 13.6 Å². The van der Waals surface area contributed by atoms with Crippen LogP contribution >= 0.6 is 11.6 Å². The van der Waals surface area contributed by atoms with Crippen LogP contribution in [-0.4, -0.2) is 13.6 Å². The Bertz CT molecular complexity index is 878. The van der Waals surface area contributed by atoms with E-state index in [1.54, 1.807) is 0 Å². The van der Waals surface area contributed by atoms with Gasteiger partial charge in [-0.2, -0.15) is 0 Å². The molecule has 3 heteroatoms. The molecule has 0 amide bonds. The molecule has 0 bridgehead atoms. The Hall–Kier alpha value is -2.06. The summed E-state index contributed by atoms with van der Waals surface area (Å²) in [5.74, 6) is 0.860. The molecule has 3 rings (SSSR count). The lowest BCUT2D eigenvalue weighted by Crippen LogP contribution is -2.27. The molecule has 118 valence electrons. The normalized spacial score (nSPS) is 12.5. The van der Waals surface area contributed by atoms with Crippen molar-refractivity contribution in [3.05, 3.63) is 65.0 Å². The van der Waals surface area contributed by atoms with Crippen LogP contribution in [0, 0.1) is 0 Å². The highest BCUT2D eigenvalue weighted by atomic mass is 35.5. The molecule has 23 heavy (non-hydrogen) atoms. The number of halogens is 1. The van der Waals surface area contributed by atoms with E-state index in [4.69, 9.17) is 16.0 Å². The summed E-state index contributed by atoms with van der Waals surface area (Å²) in [6.45, 7) is 3.25. The molecule has 0 radical (unpaired) electrons. The van der Waals surface area contributed by atoms with Gasteiger partial charge in [0.1, 0.15) is 24.9 Å². The van der Waals surface area contributed by atoms with Crippen LogP contribution in [0.5, 0.6) is 0 Å². The lowest BCUT2D eigenvalue weighted by molar-refractivity contribution is 0.598. The lowest BCUT2D eigenvalue weighted by atomic mass is 10.1. The zero-order valence-electron chi connectivity index (χ0n) is 13.6. The smallest absolute Gasteiger partial charge is 0.214 e. The second kappa shape index (κ2) is 7.01. The third-order valence-corrected chi connectivity index (χ3v) is 4.29. The predicted octanol–water partition coefficient (Wildman–Crippen LogP) is 4.96. The van der Waals surface area contributed by atoms with Crippen molar-refractivity contribution in [2.24, 2.45) is 0 Å². The van der Waals surface area contributed by atoms with Crippen LogP contribution in [-0.2, 0) is 0 Å². The Morgan fingerprint density at radius 2 is 1.78 bits per heavy atom. The topological polar surface area (TPSA) is 16.1 Å². The van der Waals surface area contributed by atoms with Gasteiger partial charge in [-0.3, -0.25) is 0 Å². The highest BCUT2D eigenvalue weighted by Crippen LogP contribution is 2.23. The van der Waals surface area contributed by atoms with Gasteiger partial charge in [-0.25, -0.2) is 4.58 Å². The second-order valence-corrected chi connectivity index (χ2v) is 6.21. The van der Waals surface area contributed by atoms with E-state index in [1.165, 1.54) is 18.2 Å². The largest absolute Gasteiger partial charge is 0.456 e. The molecule has 0 aliphatic rings. The molecule has 1 heterocycles. The number of hydrogen-bond donors (Lipinski definition) is 0. The van der Waals surface area contributed by atoms with Gasteiger partial charge < -0.3 is 4.42 Å². The van der Waals surface area contributed by atoms with Crippen LogP contribution in [0.1, 0.15) is 19.8 Å². The maximum atomic E-state index is 6.11. The molecule has 2 aromatic carbocycles. The van der Waals surface area contributed by atoms with Crippen LogP contribution in [0.15, 0.2) is 59.0 Å². The van der Waals surface area contributed by atoms with Gasteiger partial charge in [0.05, 0.1) is 11.5 Å². The molecular formula is C20H21ClNO+. The molecule has 0 saturated heterocycles. The summed E-state index contributed by atoms with van der Waals surface area (Å²) < 4.78 is 8.42. The number of benzene rings is 2. The first-order chi connectivity index (χ1) is 11.2. The molecule has 0 spiro atoms. The first-order valence-corrected chi connectivity index (χ1v) is 8.40. The highest BCUT2D eigenvalue weighted by Gasteiger charge is 2.10. The molecule has 0 fully saturated rings. The van der Waals surface area contributed by atoms with Crippen LogP contribution < -0.4 is 9.93 Å². The molecule has 0 aliphatic heterocycles. The van der Waals surface area contributed by atoms with Gasteiger partial charge in [0, 0.05) is 17.0 Å². The van der Waals surface area contributed by atoms with E-state index in [9.17, 15) is 0 Å². The first-order valence-electron chi connectivity index (χ1n) is 8.02. The molecule has 0 aliphatic carbocycles. The van der Waals surface area contributed by atoms with Crippen molar-refractivity contribution in [1.29, 1.82) is 0 Å². The van der Waals surface area contributed by atoms with Crippen LogP contribution in [0.4, 0.5) is 0 Å². The minimum Gasteiger partial charge on any atom is -0.456 e. The average molecular weight is 327 g/mol. The fraction of sp³-hybridized carbons (Fsp3) is 0.250. The van der Waals surface area contributed by atoms with E-state index in [0.717, 1.165) is 33.9 Å². The summed E-state index contributed by atoms with van der Waals surface area (Å²) in [7, 11) is 2.14. The minimum absolute atomic E-state index is 0.731. The van der Waals surface area contributed by atoms with E-state index in [0.29, 0.717) is 0 Å². The molecule has 0 N–H and O–H groups in total. The SMILES string of the molecule is CCCC[N+](C)=c1cc(-c2ccc(Cl)cc2)oc2ccccc12. The Morgan fingerprint density at radius 1 is 1.04 bits per heavy atom. The highest BCUT2D eigenvalue weighted by molar-refractivity contribution is 6.30. The number of unbranched alkanes of at least 4 members (excludes halogenated alkanes) is 1. The summed E-state index contributed by atoms with van der Waals surface area (Å²) in [5.41, 5.74) is 1.93. The number of nitrogens with zero attached hydrogens (tertiary/aromatic N) is 1. The van der Waals surface area contributed by atoms with E-state index < -0.39 is 0 Å². The van der Waals surface area contributed by atoms with Gasteiger partial charge in [-0.05, 0) is 36.4 Å². The summed E-state index contributed by atoms with van der Waals surface area (Å²) >= 11 is 5.99. The number of rotatable bonds is 4. The fourth-order valence-electron chi connectivity index (χ4n) is 2.71. The molecule has 0 saturated carbocycles. The Kier molecular flexibility index (Phi) is 4.82. The van der Waals surface area contributed by atoms with Crippen molar-refractivity contribution < 1.29 is 4.42 Å². The van der Waals surface area contributed by atoms with Crippen molar-refractivity contribution >= 4 is 22.6 Å². The van der Waals surface area contributed by atoms with Gasteiger partial charge in [0.2, 0.25) is 5.36 Å². The van der Waals surface area contributed by atoms with Gasteiger partial charge in [0.25, 0.3) is 0 Å². The zero-order chi connectivity index (χ0) is 16.2. The van der Waals surface area contributed by atoms with E-state index >= 15 is 0 Å². The molecule has 0 atom stereocenters. The van der Waals surface area contributed by atoms with Crippen molar-refractivity contribution in [3.8, 4) is 11.3 Å². The van der Waals surface area contributed by atoms with Gasteiger partial charge in [-0.1, -0.05) is 37.1 Å². The van der Waals surface area contributed by atoms with E-state index in [-0.39, 0.29) is 0 Å². The average Bonchev–Trinajstić information content (AvgIpc) is 2.59. The summed E-state index contributed by atoms with van der Waals surface area (Å²) in [5, 5.41) is 3.07. The third kappa shape index (κ3) is 3.48. The van der Waals surface area contributed by atoms with Crippen molar-refractivity contribution in [2.45, 2.75) is 19.8 Å². The number of para-hydroxylation sites is 1. The lowest BCUT2D eigenvalue weighted by Gasteiger charge is -2.05. The third-order valence-electron chi connectivity index (χ3n) is 4.04. The number of fused-ring (bicyclic) bond motifs is 1. The number of hydrogen-bond acceptors (Lipinski definition) is 1. The molecular weight excluding hydrogens is 306 g/mol. The summed E-state index contributed by atoms with van der Waals surface area (Å²) in [6, 6.07) is 18.1. The van der Waals surface area contributed by atoms with Crippen LogP contribution in [0.3, 0.4) is 0 Å². The van der Waals surface area contributed by atoms with Crippen molar-refractivity contribution in [1.82, 2.24) is 4.58 Å². The minimum atomic E-state index is 0.731. The maximum absolute atomic E-state index is 6.11. The zero-order valence-corrected chi connectivity index (χ0v) is 14.3. The van der Waals surface area contributed by atoms with Gasteiger partial charge in [0.15, 0.2) is 0 Å². The Labute approximate surface area is 141 Å². The first kappa shape index (κ1) is 15.8. The Balaban J connectivity index is 2.23. The molecule has 3 aromatic rings. The Morgan fingerprint density at radius 3 is 2.52 bits per heavy atom. The molecule has 2 nitrogen and oxygen atoms in total. The van der Waals surface area contributed by atoms with Crippen LogP contribution in [0.25, 0.3) is 22.3 Å². The van der Waals surface area contributed by atoms with Gasteiger partial charge >= 0.3 is 0 Å².